The number of quaternary nitrogens is 1. The van der Waals surface area contributed by atoms with Crippen molar-refractivity contribution in [3.8, 4) is 0 Å². The van der Waals surface area contributed by atoms with Crippen LogP contribution in [0.15, 0.2) is 0 Å². The van der Waals surface area contributed by atoms with Crippen molar-refractivity contribution in [2.45, 2.75) is 19.3 Å². The van der Waals surface area contributed by atoms with Gasteiger partial charge in [-0.05, 0) is 19.3 Å². The molecule has 0 spiro atoms. The van der Waals surface area contributed by atoms with Crippen LogP contribution in [-0.4, -0.2) is 13.1 Å². The van der Waals surface area contributed by atoms with Gasteiger partial charge in [-0.1, -0.05) is 0 Å². The fourth-order valence-corrected chi connectivity index (χ4v) is 1.05. The van der Waals surface area contributed by atoms with Crippen LogP contribution in [0.4, 0.5) is 0 Å². The van der Waals surface area contributed by atoms with E-state index in [4.69, 9.17) is 0 Å². The van der Waals surface area contributed by atoms with Crippen molar-refractivity contribution in [2.75, 3.05) is 13.1 Å². The zero-order valence-corrected chi connectivity index (χ0v) is 11.8. The summed E-state index contributed by atoms with van der Waals surface area (Å²) in [6.07, 6.45) is 4.21. The smallest absolute Gasteiger partial charge is 0.0530 e. The van der Waals surface area contributed by atoms with E-state index in [1.807, 2.05) is 0 Å². The van der Waals surface area contributed by atoms with Crippen LogP contribution in [0.25, 0.3) is 0 Å². The van der Waals surface area contributed by atoms with Crippen molar-refractivity contribution in [3.63, 3.8) is 0 Å². The summed E-state index contributed by atoms with van der Waals surface area (Å²) in [7, 11) is 3.91. The van der Waals surface area contributed by atoms with Gasteiger partial charge in [0.25, 0.3) is 0 Å². The minimum Gasteiger partial charge on any atom is -0.468 e. The first-order chi connectivity index (χ1) is 3.39. The Morgan fingerprint density at radius 3 is 1.75 bits per heavy atom. The Balaban J connectivity index is 0.000000490. The third-order valence-electron chi connectivity index (χ3n) is 1.56. The minimum absolute atomic E-state index is 0. The van der Waals surface area contributed by atoms with E-state index in [9.17, 15) is 0 Å². The van der Waals surface area contributed by atoms with E-state index in [1.54, 1.807) is 0 Å². The summed E-state index contributed by atoms with van der Waals surface area (Å²) in [5, 5.41) is 0. The molecule has 1 N–H and O–H groups in total. The first kappa shape index (κ1) is 6.96. The van der Waals surface area contributed by atoms with Gasteiger partial charge in [0.1, 0.15) is 0 Å². The zero-order chi connectivity index (χ0) is 5.11. The van der Waals surface area contributed by atoms with E-state index in [-0.39, 0.29) is 0 Å². The van der Waals surface area contributed by atoms with E-state index < -0.39 is 0 Å². The summed E-state index contributed by atoms with van der Waals surface area (Å²) >= 11 is 0. The van der Waals surface area contributed by atoms with Crippen molar-refractivity contribution in [3.05, 3.63) is 7.05 Å². The third-order valence-corrected chi connectivity index (χ3v) is 1.56. The third kappa shape index (κ3) is 1.61. The molecule has 44 valence electrons. The van der Waals surface area contributed by atoms with Gasteiger partial charge in [-0.2, -0.15) is 7.05 Å². The van der Waals surface area contributed by atoms with Gasteiger partial charge >= 0.3 is 0 Å². The Labute approximate surface area is 45.3 Å². The molecule has 0 unspecified atom stereocenters. The molecule has 0 bridgehead atoms. The summed E-state index contributed by atoms with van der Waals surface area (Å²) in [5.74, 6) is 0. The Morgan fingerprint density at radius 2 is 1.50 bits per heavy atom. The standard InChI is InChI=1S/C6H13N.Rf/c1-7-5-3-2-4-6-7;/h7H,1-6H2;. The number of hydrogen-bond donors (Lipinski definition) is 1. The Kier molecular flexibility index (Phi) is 2.63. The van der Waals surface area contributed by atoms with Gasteiger partial charge in [-0.3, -0.25) is 0 Å². The van der Waals surface area contributed by atoms with Crippen LogP contribution in [0.1, 0.15) is 19.3 Å². The SMILES string of the molecule is [CH2-][NH+]1CCCCC1.[Rf]. The number of hydrogen-bond acceptors (Lipinski definition) is 0. The second kappa shape index (κ2) is 3.03. The molecule has 1 nitrogen and oxygen atoms in total. The normalized spacial score (nSPS) is 22.1. The van der Waals surface area contributed by atoms with E-state index in [0.29, 0.717) is 0 Å². The largest absolute Gasteiger partial charge is 0.468 e. The van der Waals surface area contributed by atoms with E-state index in [2.05, 4.69) is 7.05 Å². The van der Waals surface area contributed by atoms with Gasteiger partial charge in [-0.15, -0.1) is 0 Å². The molecular formula is C6H13NRf. The molecule has 1 aliphatic rings. The van der Waals surface area contributed by atoms with Crippen molar-refractivity contribution in [2.24, 2.45) is 0 Å². The second-order valence-corrected chi connectivity index (χ2v) is 2.31. The average molecular weight is 366 g/mol. The molecule has 8 heavy (non-hydrogen) atoms. The first-order valence-corrected chi connectivity index (χ1v) is 3.06. The molecule has 1 aliphatic heterocycles. The van der Waals surface area contributed by atoms with Gasteiger partial charge in [0.2, 0.25) is 0 Å². The quantitative estimate of drug-likeness (QED) is 0.569. The molecule has 1 saturated heterocycles. The molecule has 1 heterocycles. The summed E-state index contributed by atoms with van der Waals surface area (Å²) in [5.41, 5.74) is 0. The summed E-state index contributed by atoms with van der Waals surface area (Å²) in [6, 6.07) is 0. The van der Waals surface area contributed by atoms with E-state index in [1.165, 1.54) is 37.3 Å². The van der Waals surface area contributed by atoms with Gasteiger partial charge in [0.05, 0.1) is 13.1 Å². The van der Waals surface area contributed by atoms with Crippen molar-refractivity contribution in [1.29, 1.82) is 0 Å². The Bertz CT molecular complexity index is 50.5. The summed E-state index contributed by atoms with van der Waals surface area (Å²) in [4.78, 5) is 1.46. The predicted molar refractivity (Wildman–Crippen MR) is 29.9 cm³/mol. The number of piperidine rings is 1. The Morgan fingerprint density at radius 1 is 1.00 bits per heavy atom. The van der Waals surface area contributed by atoms with Gasteiger partial charge in [0, 0.05) is 0 Å². The molecule has 0 aromatic carbocycles. The van der Waals surface area contributed by atoms with Crippen molar-refractivity contribution >= 4 is 0 Å². The molecule has 0 aromatic rings. The van der Waals surface area contributed by atoms with Crippen LogP contribution in [0.5, 0.6) is 0 Å². The number of likely N-dealkylation sites (tertiary alicyclic amines) is 1. The fraction of sp³-hybridized carbons (Fsp3) is 0.833. The van der Waals surface area contributed by atoms with Crippen LogP contribution in [0.2, 0.25) is 0 Å². The number of nitrogens with one attached hydrogen (secondary N) is 1. The molecule has 0 amide bonds. The molecule has 2 heteroatoms. The molecule has 0 saturated carbocycles. The fourth-order valence-electron chi connectivity index (χ4n) is 1.05. The van der Waals surface area contributed by atoms with Crippen LogP contribution in [0, 0.1) is 7.05 Å². The van der Waals surface area contributed by atoms with Crippen LogP contribution >= 0.6 is 0 Å². The maximum atomic E-state index is 3.91. The van der Waals surface area contributed by atoms with Crippen LogP contribution < -0.4 is 4.90 Å². The molecular weight excluding hydrogens is 353 g/mol. The second-order valence-electron chi connectivity index (χ2n) is 2.31. The molecule has 1 rings (SSSR count). The van der Waals surface area contributed by atoms with Gasteiger partial charge in [0.15, 0.2) is 0 Å². The van der Waals surface area contributed by atoms with E-state index in [0.717, 1.165) is 0 Å². The molecule has 0 aliphatic carbocycles. The topological polar surface area (TPSA) is 4.44 Å². The Hall–Kier alpha value is -1.04. The minimum atomic E-state index is 0. The van der Waals surface area contributed by atoms with Gasteiger partial charge in [-0.25, -0.2) is 0 Å². The van der Waals surface area contributed by atoms with Crippen molar-refractivity contribution < 1.29 is 4.90 Å². The van der Waals surface area contributed by atoms with Crippen molar-refractivity contribution in [1.82, 2.24) is 0 Å². The van der Waals surface area contributed by atoms with E-state index >= 15 is 0 Å². The average Bonchev–Trinajstić information content (AvgIpc) is 1.69. The van der Waals surface area contributed by atoms with Crippen LogP contribution in [0.3, 0.4) is 0 Å². The maximum absolute atomic E-state index is 3.91. The zero-order valence-electron chi connectivity index (χ0n) is 5.45. The van der Waals surface area contributed by atoms with Crippen LogP contribution in [-0.2, 0) is 0 Å². The molecule has 0 radical (unpaired) electrons. The first-order valence-electron chi connectivity index (χ1n) is 3.06. The summed E-state index contributed by atoms with van der Waals surface area (Å²) in [6.45, 7) is 2.58. The molecule has 1 fully saturated rings. The maximum Gasteiger partial charge on any atom is 0.0530 e. The molecule has 0 atom stereocenters. The van der Waals surface area contributed by atoms with Gasteiger partial charge < -0.3 is 4.90 Å². The number of rotatable bonds is 0. The summed E-state index contributed by atoms with van der Waals surface area (Å²) < 4.78 is 0. The molecule has 0 aromatic heterocycles. The monoisotopic (exact) mass is 366 g/mol. The predicted octanol–water partition coefficient (Wildman–Crippen LogP) is -0.153.